The van der Waals surface area contributed by atoms with Crippen LogP contribution in [-0.4, -0.2) is 16.9 Å². The quantitative estimate of drug-likeness (QED) is 0.638. The summed E-state index contributed by atoms with van der Waals surface area (Å²) in [4.78, 5) is 25.1. The zero-order chi connectivity index (χ0) is 11.7. The maximum atomic E-state index is 10.7. The largest absolute Gasteiger partial charge is 0.545 e. The molecule has 0 aliphatic carbocycles. The predicted octanol–water partition coefficient (Wildman–Crippen LogP) is -1.04. The third-order valence-corrected chi connectivity index (χ3v) is 2.14. The van der Waals surface area contributed by atoms with Crippen LogP contribution in [0, 0.1) is 0 Å². The summed E-state index contributed by atoms with van der Waals surface area (Å²) < 4.78 is 0. The van der Waals surface area contributed by atoms with Crippen molar-refractivity contribution in [1.29, 1.82) is 0 Å². The number of para-hydroxylation sites is 1. The van der Waals surface area contributed by atoms with Gasteiger partial charge >= 0.3 is 0 Å². The van der Waals surface area contributed by atoms with Crippen molar-refractivity contribution in [3.05, 3.63) is 41.6 Å². The van der Waals surface area contributed by atoms with Crippen LogP contribution in [0.2, 0.25) is 0 Å². The van der Waals surface area contributed by atoms with E-state index in [-0.39, 0.29) is 0 Å². The third kappa shape index (κ3) is 1.58. The topological polar surface area (TPSA) is 93.2 Å². The van der Waals surface area contributed by atoms with Crippen LogP contribution in [0.4, 0.5) is 0 Å². The first kappa shape index (κ1) is 10.1. The van der Waals surface area contributed by atoms with Gasteiger partial charge in [0.1, 0.15) is 0 Å². The molecule has 5 nitrogen and oxygen atoms in total. The Morgan fingerprint density at radius 3 is 2.38 bits per heavy atom. The number of hydrogen-bond acceptors (Lipinski definition) is 5. The summed E-state index contributed by atoms with van der Waals surface area (Å²) >= 11 is 0. The van der Waals surface area contributed by atoms with Crippen LogP contribution in [0.5, 0.6) is 0 Å². The highest BCUT2D eigenvalue weighted by Gasteiger charge is 2.08. The molecule has 0 aliphatic rings. The Morgan fingerprint density at radius 1 is 1.06 bits per heavy atom. The number of aromatic carboxylic acids is 2. The lowest BCUT2D eigenvalue weighted by molar-refractivity contribution is -0.260. The van der Waals surface area contributed by atoms with Gasteiger partial charge in [-0.15, -0.1) is 0 Å². The predicted molar refractivity (Wildman–Crippen MR) is 50.4 cm³/mol. The highest BCUT2D eigenvalue weighted by molar-refractivity contribution is 6.02. The Bertz CT molecular complexity index is 539. The number of benzene rings is 1. The first-order valence-corrected chi connectivity index (χ1v) is 4.42. The van der Waals surface area contributed by atoms with Crippen molar-refractivity contribution in [1.82, 2.24) is 4.98 Å². The van der Waals surface area contributed by atoms with E-state index >= 15 is 0 Å². The van der Waals surface area contributed by atoms with E-state index in [0.29, 0.717) is 10.9 Å². The molecule has 0 atom stereocenters. The molecule has 1 heterocycles. The van der Waals surface area contributed by atoms with Crippen molar-refractivity contribution in [3.63, 3.8) is 0 Å². The van der Waals surface area contributed by atoms with E-state index in [9.17, 15) is 19.8 Å². The first-order valence-electron chi connectivity index (χ1n) is 4.42. The van der Waals surface area contributed by atoms with E-state index in [1.54, 1.807) is 24.3 Å². The van der Waals surface area contributed by atoms with Crippen LogP contribution < -0.4 is 10.2 Å². The Hall–Kier alpha value is -2.43. The van der Waals surface area contributed by atoms with Crippen LogP contribution in [0.25, 0.3) is 10.9 Å². The number of carboxylic acid groups (broad SMARTS) is 2. The number of pyridine rings is 1. The minimum atomic E-state index is -1.63. The van der Waals surface area contributed by atoms with E-state index in [2.05, 4.69) is 4.98 Å². The molecule has 0 saturated heterocycles. The monoisotopic (exact) mass is 215 g/mol. The van der Waals surface area contributed by atoms with E-state index in [0.717, 1.165) is 0 Å². The van der Waals surface area contributed by atoms with Crippen LogP contribution in [-0.2, 0) is 0 Å². The molecule has 0 radical (unpaired) electrons. The highest BCUT2D eigenvalue weighted by atomic mass is 16.4. The molecule has 0 spiro atoms. The average molecular weight is 215 g/mol. The van der Waals surface area contributed by atoms with Crippen molar-refractivity contribution < 1.29 is 19.8 Å². The summed E-state index contributed by atoms with van der Waals surface area (Å²) in [5.41, 5.74) is -0.691. The fourth-order valence-electron chi connectivity index (χ4n) is 1.43. The summed E-state index contributed by atoms with van der Waals surface area (Å²) in [5, 5.41) is 22.0. The summed E-state index contributed by atoms with van der Waals surface area (Å²) in [7, 11) is 0. The molecule has 2 rings (SSSR count). The fraction of sp³-hybridized carbons (Fsp3) is 0. The lowest BCUT2D eigenvalue weighted by atomic mass is 10.1. The van der Waals surface area contributed by atoms with Gasteiger partial charge in [0.05, 0.1) is 23.1 Å². The zero-order valence-corrected chi connectivity index (χ0v) is 7.97. The number of rotatable bonds is 2. The molecule has 80 valence electrons. The van der Waals surface area contributed by atoms with Crippen molar-refractivity contribution in [2.45, 2.75) is 0 Å². The van der Waals surface area contributed by atoms with Crippen LogP contribution in [0.15, 0.2) is 30.3 Å². The van der Waals surface area contributed by atoms with E-state index in [1.807, 2.05) is 0 Å². The number of hydrogen-bond donors (Lipinski definition) is 0. The van der Waals surface area contributed by atoms with Gasteiger partial charge in [0, 0.05) is 10.9 Å². The lowest BCUT2D eigenvalue weighted by Gasteiger charge is -2.11. The van der Waals surface area contributed by atoms with Gasteiger partial charge in [0.2, 0.25) is 0 Å². The van der Waals surface area contributed by atoms with Crippen LogP contribution >= 0.6 is 0 Å². The minimum absolute atomic E-state index is 0.395. The highest BCUT2D eigenvalue weighted by Crippen LogP contribution is 2.15. The normalized spacial score (nSPS) is 10.2. The number of carboxylic acids is 2. The number of aromatic nitrogens is 1. The third-order valence-electron chi connectivity index (χ3n) is 2.14. The standard InChI is InChI=1S/C11H7NO4/c13-10(14)7-5-6-3-1-2-4-8(6)12-9(7)11(15)16/h1-5H,(H,13,14)(H,15,16)/p-2. The molecule has 0 amide bonds. The number of carbonyl (C=O) groups is 2. The zero-order valence-electron chi connectivity index (χ0n) is 7.97. The molecule has 0 saturated carbocycles. The number of nitrogens with zero attached hydrogens (tertiary/aromatic N) is 1. The van der Waals surface area contributed by atoms with Gasteiger partial charge < -0.3 is 19.8 Å². The summed E-state index contributed by atoms with van der Waals surface area (Å²) in [6.07, 6.45) is 0. The van der Waals surface area contributed by atoms with Gasteiger partial charge in [-0.3, -0.25) is 0 Å². The first-order chi connectivity index (χ1) is 7.59. The summed E-state index contributed by atoms with van der Waals surface area (Å²) in [6.45, 7) is 0. The van der Waals surface area contributed by atoms with Crippen LogP contribution in [0.3, 0.4) is 0 Å². The second-order valence-corrected chi connectivity index (χ2v) is 3.15. The molecule has 0 aliphatic heterocycles. The Kier molecular flexibility index (Phi) is 2.28. The Balaban J connectivity index is 2.81. The summed E-state index contributed by atoms with van der Waals surface area (Å²) in [5.74, 6) is -3.22. The van der Waals surface area contributed by atoms with Gasteiger partial charge in [-0.05, 0) is 12.1 Å². The Labute approximate surface area is 90.0 Å². The second kappa shape index (κ2) is 3.62. The van der Waals surface area contributed by atoms with Gasteiger partial charge in [0.25, 0.3) is 0 Å². The SMILES string of the molecule is O=C([O-])c1cc2ccccc2nc1C(=O)[O-]. The molecule has 0 fully saturated rings. The average Bonchev–Trinajstić information content (AvgIpc) is 2.27. The molecule has 1 aromatic heterocycles. The lowest BCUT2D eigenvalue weighted by Crippen LogP contribution is -2.31. The van der Waals surface area contributed by atoms with Gasteiger partial charge in [-0.2, -0.15) is 0 Å². The minimum Gasteiger partial charge on any atom is -0.545 e. The van der Waals surface area contributed by atoms with Crippen molar-refractivity contribution in [2.24, 2.45) is 0 Å². The number of carbonyl (C=O) groups excluding carboxylic acids is 2. The van der Waals surface area contributed by atoms with Gasteiger partial charge in [-0.1, -0.05) is 18.2 Å². The maximum absolute atomic E-state index is 10.7. The molecule has 2 aromatic rings. The number of fused-ring (bicyclic) bond motifs is 1. The van der Waals surface area contributed by atoms with Gasteiger partial charge in [-0.25, -0.2) is 4.98 Å². The second-order valence-electron chi connectivity index (χ2n) is 3.15. The molecular formula is C11H5NO4-2. The fourth-order valence-corrected chi connectivity index (χ4v) is 1.43. The van der Waals surface area contributed by atoms with E-state index in [4.69, 9.17) is 0 Å². The van der Waals surface area contributed by atoms with E-state index < -0.39 is 23.2 Å². The molecule has 0 N–H and O–H groups in total. The smallest absolute Gasteiger partial charge is 0.0955 e. The van der Waals surface area contributed by atoms with Crippen molar-refractivity contribution in [2.75, 3.05) is 0 Å². The summed E-state index contributed by atoms with van der Waals surface area (Å²) in [6, 6.07) is 7.80. The maximum Gasteiger partial charge on any atom is 0.0955 e. The molecule has 0 unspecified atom stereocenters. The molecular weight excluding hydrogens is 210 g/mol. The van der Waals surface area contributed by atoms with Crippen molar-refractivity contribution >= 4 is 22.8 Å². The molecule has 16 heavy (non-hydrogen) atoms. The van der Waals surface area contributed by atoms with Gasteiger partial charge in [0.15, 0.2) is 0 Å². The molecule has 1 aromatic carbocycles. The Morgan fingerprint density at radius 2 is 1.75 bits per heavy atom. The molecule has 0 bridgehead atoms. The van der Waals surface area contributed by atoms with E-state index in [1.165, 1.54) is 6.07 Å². The van der Waals surface area contributed by atoms with Crippen LogP contribution in [0.1, 0.15) is 20.8 Å². The molecule has 5 heteroatoms. The van der Waals surface area contributed by atoms with Crippen molar-refractivity contribution in [3.8, 4) is 0 Å².